The van der Waals surface area contributed by atoms with Gasteiger partial charge in [-0.25, -0.2) is 4.79 Å². The van der Waals surface area contributed by atoms with E-state index in [-0.39, 0.29) is 38.3 Å². The molecular weight excluding hydrogens is 296 g/mol. The van der Waals surface area contributed by atoms with Crippen LogP contribution in [0.15, 0.2) is 36.5 Å². The number of pyridine rings is 1. The Labute approximate surface area is 133 Å². The Hall–Kier alpha value is -2.47. The molecule has 6 heteroatoms. The van der Waals surface area contributed by atoms with Crippen molar-refractivity contribution in [1.29, 1.82) is 0 Å². The van der Waals surface area contributed by atoms with Crippen LogP contribution in [-0.4, -0.2) is 50.7 Å². The Bertz CT molecular complexity index is 746. The number of amides is 1. The van der Waals surface area contributed by atoms with Crippen molar-refractivity contribution in [2.75, 3.05) is 13.1 Å². The number of aliphatic hydroxyl groups is 1. The highest BCUT2D eigenvalue weighted by Crippen LogP contribution is 2.24. The van der Waals surface area contributed by atoms with Gasteiger partial charge in [-0.2, -0.15) is 0 Å². The molecule has 1 amide bonds. The summed E-state index contributed by atoms with van der Waals surface area (Å²) in [6.45, 7) is 0.500. The third-order valence-corrected chi connectivity index (χ3v) is 4.40. The number of aliphatic carboxylic acids is 1. The molecule has 0 radical (unpaired) electrons. The van der Waals surface area contributed by atoms with E-state index < -0.39 is 11.6 Å². The van der Waals surface area contributed by atoms with Crippen LogP contribution in [0.4, 0.5) is 0 Å². The van der Waals surface area contributed by atoms with Crippen molar-refractivity contribution in [2.45, 2.75) is 24.9 Å². The van der Waals surface area contributed by atoms with Crippen molar-refractivity contribution in [3.05, 3.63) is 42.1 Å². The third-order valence-electron chi connectivity index (χ3n) is 4.40. The number of nitrogens with zero attached hydrogens (tertiary/aromatic N) is 2. The smallest absolute Gasteiger partial charge is 0.335 e. The highest BCUT2D eigenvalue weighted by molar-refractivity contribution is 5.88. The number of likely N-dealkylation sites (tertiary alicyclic amines) is 1. The lowest BCUT2D eigenvalue weighted by atomic mass is 9.91. The van der Waals surface area contributed by atoms with E-state index in [4.69, 9.17) is 5.11 Å². The van der Waals surface area contributed by atoms with Gasteiger partial charge in [0.25, 0.3) is 0 Å². The van der Waals surface area contributed by atoms with Crippen LogP contribution in [0.25, 0.3) is 10.9 Å². The van der Waals surface area contributed by atoms with E-state index in [1.807, 2.05) is 30.3 Å². The number of carboxylic acids is 1. The molecular formula is C17H18N2O4. The van der Waals surface area contributed by atoms with Gasteiger partial charge in [0, 0.05) is 37.5 Å². The van der Waals surface area contributed by atoms with Gasteiger partial charge < -0.3 is 15.1 Å². The summed E-state index contributed by atoms with van der Waals surface area (Å²) in [7, 11) is 0. The minimum absolute atomic E-state index is 0.0574. The second kappa shape index (κ2) is 5.96. The molecule has 2 aromatic rings. The second-order valence-corrected chi connectivity index (χ2v) is 5.89. The first-order valence-corrected chi connectivity index (χ1v) is 7.56. The predicted octanol–water partition coefficient (Wildman–Crippen LogP) is 1.22. The number of aromatic nitrogens is 1. The Balaban J connectivity index is 1.71. The van der Waals surface area contributed by atoms with Gasteiger partial charge in [-0.15, -0.1) is 0 Å². The number of hydrogen-bond donors (Lipinski definition) is 2. The maximum atomic E-state index is 12.5. The van der Waals surface area contributed by atoms with Crippen LogP contribution in [-0.2, 0) is 16.0 Å². The minimum Gasteiger partial charge on any atom is -0.479 e. The molecule has 0 spiro atoms. The van der Waals surface area contributed by atoms with E-state index in [1.165, 1.54) is 0 Å². The number of hydrogen-bond acceptors (Lipinski definition) is 4. The molecule has 120 valence electrons. The Morgan fingerprint density at radius 2 is 1.87 bits per heavy atom. The van der Waals surface area contributed by atoms with Crippen molar-refractivity contribution in [3.63, 3.8) is 0 Å². The number of para-hydroxylation sites is 1. The quantitative estimate of drug-likeness (QED) is 0.889. The zero-order valence-electron chi connectivity index (χ0n) is 12.6. The Kier molecular flexibility index (Phi) is 4.00. The molecule has 1 aliphatic heterocycles. The Morgan fingerprint density at radius 1 is 1.17 bits per heavy atom. The van der Waals surface area contributed by atoms with Gasteiger partial charge in [0.2, 0.25) is 5.91 Å². The van der Waals surface area contributed by atoms with Gasteiger partial charge >= 0.3 is 5.97 Å². The summed E-state index contributed by atoms with van der Waals surface area (Å²) in [6, 6.07) is 9.52. The van der Waals surface area contributed by atoms with E-state index >= 15 is 0 Å². The van der Waals surface area contributed by atoms with Gasteiger partial charge in [0.15, 0.2) is 5.60 Å². The number of fused-ring (bicyclic) bond motifs is 1. The zero-order valence-corrected chi connectivity index (χ0v) is 12.6. The van der Waals surface area contributed by atoms with Gasteiger partial charge in [-0.05, 0) is 11.6 Å². The number of rotatable bonds is 3. The molecule has 23 heavy (non-hydrogen) atoms. The molecule has 0 aliphatic carbocycles. The molecule has 0 saturated carbocycles. The molecule has 1 fully saturated rings. The van der Waals surface area contributed by atoms with Crippen LogP contribution in [0.2, 0.25) is 0 Å². The predicted molar refractivity (Wildman–Crippen MR) is 83.8 cm³/mol. The fraction of sp³-hybridized carbons (Fsp3) is 0.353. The highest BCUT2D eigenvalue weighted by Gasteiger charge is 2.40. The average Bonchev–Trinajstić information content (AvgIpc) is 2.55. The zero-order chi connectivity index (χ0) is 16.4. The fourth-order valence-electron chi connectivity index (χ4n) is 2.92. The number of carboxylic acid groups (broad SMARTS) is 1. The molecule has 1 saturated heterocycles. The van der Waals surface area contributed by atoms with E-state index in [2.05, 4.69) is 4.98 Å². The van der Waals surface area contributed by atoms with Gasteiger partial charge in [-0.1, -0.05) is 24.3 Å². The molecule has 1 aromatic heterocycles. The summed E-state index contributed by atoms with van der Waals surface area (Å²) in [6.07, 6.45) is 2.04. The monoisotopic (exact) mass is 314 g/mol. The molecule has 0 unspecified atom stereocenters. The van der Waals surface area contributed by atoms with Crippen LogP contribution >= 0.6 is 0 Å². The van der Waals surface area contributed by atoms with Crippen LogP contribution in [0.3, 0.4) is 0 Å². The number of benzene rings is 1. The summed E-state index contributed by atoms with van der Waals surface area (Å²) in [5.74, 6) is -1.29. The first-order valence-electron chi connectivity index (χ1n) is 7.56. The lowest BCUT2D eigenvalue weighted by Gasteiger charge is -2.35. The fourth-order valence-corrected chi connectivity index (χ4v) is 2.92. The van der Waals surface area contributed by atoms with Crippen molar-refractivity contribution in [1.82, 2.24) is 9.88 Å². The number of carbonyl (C=O) groups excluding carboxylic acids is 1. The SMILES string of the molecule is O=C(Cc1cccc2cccnc12)N1CCC(O)(C(=O)O)CC1. The molecule has 1 aliphatic rings. The molecule has 2 heterocycles. The third kappa shape index (κ3) is 3.03. The van der Waals surface area contributed by atoms with Crippen molar-refractivity contribution in [3.8, 4) is 0 Å². The standard InChI is InChI=1S/C17H18N2O4/c20-14(19-9-6-17(23,7-10-19)16(21)22)11-13-4-1-3-12-5-2-8-18-15(12)13/h1-5,8,23H,6-7,9-11H2,(H,21,22). The maximum absolute atomic E-state index is 12.5. The van der Waals surface area contributed by atoms with Gasteiger partial charge in [-0.3, -0.25) is 9.78 Å². The lowest BCUT2D eigenvalue weighted by Crippen LogP contribution is -2.51. The normalized spacial score (nSPS) is 17.2. The van der Waals surface area contributed by atoms with Crippen molar-refractivity contribution < 1.29 is 19.8 Å². The molecule has 1 aromatic carbocycles. The first kappa shape index (κ1) is 15.4. The average molecular weight is 314 g/mol. The van der Waals surface area contributed by atoms with E-state index in [1.54, 1.807) is 11.1 Å². The van der Waals surface area contributed by atoms with E-state index in [0.717, 1.165) is 16.5 Å². The molecule has 3 rings (SSSR count). The van der Waals surface area contributed by atoms with E-state index in [9.17, 15) is 14.7 Å². The first-order chi connectivity index (χ1) is 11.0. The maximum Gasteiger partial charge on any atom is 0.335 e. The largest absolute Gasteiger partial charge is 0.479 e. The van der Waals surface area contributed by atoms with Crippen LogP contribution in [0.5, 0.6) is 0 Å². The summed E-state index contributed by atoms with van der Waals surface area (Å²) in [5, 5.41) is 19.9. The molecule has 0 bridgehead atoms. The lowest BCUT2D eigenvalue weighted by molar-refractivity contribution is -0.165. The topological polar surface area (TPSA) is 90.7 Å². The van der Waals surface area contributed by atoms with E-state index in [0.29, 0.717) is 0 Å². The molecule has 6 nitrogen and oxygen atoms in total. The van der Waals surface area contributed by atoms with Crippen LogP contribution in [0.1, 0.15) is 18.4 Å². The number of carbonyl (C=O) groups is 2. The van der Waals surface area contributed by atoms with Crippen LogP contribution < -0.4 is 0 Å². The molecule has 0 atom stereocenters. The van der Waals surface area contributed by atoms with Gasteiger partial charge in [0.1, 0.15) is 0 Å². The Morgan fingerprint density at radius 3 is 2.57 bits per heavy atom. The van der Waals surface area contributed by atoms with Gasteiger partial charge in [0.05, 0.1) is 11.9 Å². The second-order valence-electron chi connectivity index (χ2n) is 5.89. The molecule has 2 N–H and O–H groups in total. The minimum atomic E-state index is -1.71. The summed E-state index contributed by atoms with van der Waals surface area (Å²) < 4.78 is 0. The highest BCUT2D eigenvalue weighted by atomic mass is 16.4. The summed E-state index contributed by atoms with van der Waals surface area (Å²) in [4.78, 5) is 29.4. The number of piperidine rings is 1. The van der Waals surface area contributed by atoms with Crippen molar-refractivity contribution >= 4 is 22.8 Å². The van der Waals surface area contributed by atoms with Crippen molar-refractivity contribution in [2.24, 2.45) is 0 Å². The summed E-state index contributed by atoms with van der Waals surface area (Å²) >= 11 is 0. The van der Waals surface area contributed by atoms with Crippen LogP contribution in [0, 0.1) is 0 Å². The summed E-state index contributed by atoms with van der Waals surface area (Å²) in [5.41, 5.74) is -0.0489.